The molecule has 3 aliphatic heterocycles. The average molecular weight is 542 g/mol. The number of benzene rings is 1. The average Bonchev–Trinajstić information content (AvgIpc) is 3.56. The van der Waals surface area contributed by atoms with Gasteiger partial charge in [-0.1, -0.05) is 19.9 Å². The van der Waals surface area contributed by atoms with Crippen LogP contribution in [0.15, 0.2) is 36.9 Å². The Morgan fingerprint density at radius 3 is 2.38 bits per heavy atom. The van der Waals surface area contributed by atoms with E-state index in [1.54, 1.807) is 17.9 Å². The number of aliphatic hydroxyl groups excluding tert-OH is 1. The number of aliphatic hydroxyl groups is 1. The Kier molecular flexibility index (Phi) is 8.71. The number of hydrogen-bond donors (Lipinski definition) is 1. The van der Waals surface area contributed by atoms with Crippen LogP contribution >= 0.6 is 0 Å². The molecule has 3 aliphatic rings. The standard InChI is InChI=1S/C30H43N3O6/c1-7-17-32(21-13-11-20(12-14-21)31(8-2)9-3)28(36)26-30-16-15-23(39-30)24(29(37)38-10-4)25(30)27(35)33(26)22(18-34)19(5)6/h7,11-14,19,22-26,34H,1,8-10,15-18H2,2-6H3/t22-,23-,24+,25-,26?,30?/m0/s1. The molecule has 0 saturated carbocycles. The smallest absolute Gasteiger partial charge is 0.312 e. The molecule has 0 radical (unpaired) electrons. The molecule has 4 rings (SSSR count). The van der Waals surface area contributed by atoms with E-state index in [1.807, 2.05) is 38.1 Å². The Balaban J connectivity index is 1.78. The van der Waals surface area contributed by atoms with Gasteiger partial charge in [-0.3, -0.25) is 14.4 Å². The predicted molar refractivity (Wildman–Crippen MR) is 149 cm³/mol. The van der Waals surface area contributed by atoms with Gasteiger partial charge in [-0.25, -0.2) is 0 Å². The molecule has 1 aromatic rings. The Morgan fingerprint density at radius 1 is 1.21 bits per heavy atom. The molecule has 1 aromatic carbocycles. The van der Waals surface area contributed by atoms with E-state index in [9.17, 15) is 19.5 Å². The van der Waals surface area contributed by atoms with Gasteiger partial charge in [0, 0.05) is 31.0 Å². The maximum Gasteiger partial charge on any atom is 0.312 e. The minimum absolute atomic E-state index is 0.121. The number of anilines is 2. The number of carbonyl (C=O) groups is 3. The second-order valence-electron chi connectivity index (χ2n) is 11.0. The summed E-state index contributed by atoms with van der Waals surface area (Å²) in [5.41, 5.74) is 0.586. The van der Waals surface area contributed by atoms with Gasteiger partial charge in [0.1, 0.15) is 11.6 Å². The van der Waals surface area contributed by atoms with Crippen molar-refractivity contribution in [3.8, 4) is 0 Å². The van der Waals surface area contributed by atoms with E-state index in [0.29, 0.717) is 18.5 Å². The first-order valence-electron chi connectivity index (χ1n) is 14.2. The lowest BCUT2D eigenvalue weighted by molar-refractivity contribution is -0.155. The van der Waals surface area contributed by atoms with Crippen LogP contribution < -0.4 is 9.80 Å². The number of hydrogen-bond acceptors (Lipinski definition) is 7. The maximum absolute atomic E-state index is 14.6. The summed E-state index contributed by atoms with van der Waals surface area (Å²) in [5, 5.41) is 10.4. The molecule has 0 aliphatic carbocycles. The van der Waals surface area contributed by atoms with E-state index < -0.39 is 41.6 Å². The highest BCUT2D eigenvalue weighted by Crippen LogP contribution is 2.59. The Bertz CT molecular complexity index is 1070. The molecule has 39 heavy (non-hydrogen) atoms. The highest BCUT2D eigenvalue weighted by molar-refractivity contribution is 6.05. The first kappa shape index (κ1) is 29.1. The second-order valence-corrected chi connectivity index (χ2v) is 11.0. The lowest BCUT2D eigenvalue weighted by Gasteiger charge is -2.40. The van der Waals surface area contributed by atoms with E-state index in [-0.39, 0.29) is 37.5 Å². The van der Waals surface area contributed by atoms with Gasteiger partial charge in [-0.05, 0) is 63.8 Å². The number of carbonyl (C=O) groups excluding carboxylic acids is 3. The fraction of sp³-hybridized carbons (Fsp3) is 0.633. The largest absolute Gasteiger partial charge is 0.466 e. The van der Waals surface area contributed by atoms with Gasteiger partial charge in [0.15, 0.2) is 0 Å². The van der Waals surface area contributed by atoms with Gasteiger partial charge in [0.2, 0.25) is 5.91 Å². The van der Waals surface area contributed by atoms with E-state index in [1.165, 1.54) is 4.90 Å². The van der Waals surface area contributed by atoms with E-state index >= 15 is 0 Å². The third-order valence-corrected chi connectivity index (χ3v) is 8.71. The predicted octanol–water partition coefficient (Wildman–Crippen LogP) is 3.01. The lowest BCUT2D eigenvalue weighted by Crippen LogP contribution is -2.59. The molecule has 3 fully saturated rings. The van der Waals surface area contributed by atoms with Gasteiger partial charge in [0.25, 0.3) is 5.91 Å². The lowest BCUT2D eigenvalue weighted by atomic mass is 9.70. The number of nitrogens with zero attached hydrogens (tertiary/aromatic N) is 3. The Morgan fingerprint density at radius 2 is 1.85 bits per heavy atom. The summed E-state index contributed by atoms with van der Waals surface area (Å²) in [4.78, 5) is 47.1. The van der Waals surface area contributed by atoms with Crippen LogP contribution in [-0.4, -0.2) is 84.4 Å². The highest BCUT2D eigenvalue weighted by Gasteiger charge is 2.75. The molecular formula is C30H43N3O6. The molecule has 3 saturated heterocycles. The summed E-state index contributed by atoms with van der Waals surface area (Å²) >= 11 is 0. The van der Waals surface area contributed by atoms with Gasteiger partial charge < -0.3 is 29.3 Å². The fourth-order valence-corrected chi connectivity index (χ4v) is 6.89. The van der Waals surface area contributed by atoms with Crippen LogP contribution in [-0.2, 0) is 23.9 Å². The third-order valence-electron chi connectivity index (χ3n) is 8.71. The zero-order chi connectivity index (χ0) is 28.5. The molecule has 9 nitrogen and oxygen atoms in total. The Hall–Kier alpha value is -2.91. The van der Waals surface area contributed by atoms with Crippen molar-refractivity contribution in [3.63, 3.8) is 0 Å². The first-order valence-corrected chi connectivity index (χ1v) is 14.2. The summed E-state index contributed by atoms with van der Waals surface area (Å²) in [6.07, 6.45) is 2.24. The van der Waals surface area contributed by atoms with Crippen molar-refractivity contribution >= 4 is 29.2 Å². The van der Waals surface area contributed by atoms with Crippen molar-refractivity contribution in [1.82, 2.24) is 4.90 Å². The maximum atomic E-state index is 14.6. The molecule has 9 heteroatoms. The normalized spacial score (nSPS) is 28.0. The summed E-state index contributed by atoms with van der Waals surface area (Å²) in [7, 11) is 0. The Labute approximate surface area is 231 Å². The number of fused-ring (bicyclic) bond motifs is 1. The van der Waals surface area contributed by atoms with Crippen LogP contribution in [0.2, 0.25) is 0 Å². The molecule has 1 spiro atoms. The van der Waals surface area contributed by atoms with Crippen molar-refractivity contribution in [2.45, 2.75) is 71.2 Å². The van der Waals surface area contributed by atoms with Crippen LogP contribution in [0.3, 0.4) is 0 Å². The number of likely N-dealkylation sites (tertiary alicyclic amines) is 1. The van der Waals surface area contributed by atoms with Gasteiger partial charge in [-0.15, -0.1) is 6.58 Å². The van der Waals surface area contributed by atoms with E-state index in [0.717, 1.165) is 18.8 Å². The fourth-order valence-electron chi connectivity index (χ4n) is 6.89. The van der Waals surface area contributed by atoms with Crippen LogP contribution in [0.1, 0.15) is 47.5 Å². The van der Waals surface area contributed by atoms with Gasteiger partial charge in [0.05, 0.1) is 37.2 Å². The minimum Gasteiger partial charge on any atom is -0.466 e. The molecule has 2 bridgehead atoms. The molecule has 2 amide bonds. The number of amides is 2. The van der Waals surface area contributed by atoms with Gasteiger partial charge in [-0.2, -0.15) is 0 Å². The third kappa shape index (κ3) is 4.73. The van der Waals surface area contributed by atoms with E-state index in [2.05, 4.69) is 25.3 Å². The molecule has 0 aromatic heterocycles. The SMILES string of the molecule is C=CCN(C(=O)C1N([C@@H](CO)C(C)C)C(=O)[C@@H]2[C@H](C(=O)OCC)[C@@H]3CCC12O3)c1ccc(N(CC)CC)cc1. The van der Waals surface area contributed by atoms with Crippen molar-refractivity contribution in [2.24, 2.45) is 17.8 Å². The summed E-state index contributed by atoms with van der Waals surface area (Å²) in [6.45, 7) is 15.5. The summed E-state index contributed by atoms with van der Waals surface area (Å²) in [5.74, 6) is -2.80. The van der Waals surface area contributed by atoms with Crippen LogP contribution in [0.5, 0.6) is 0 Å². The summed E-state index contributed by atoms with van der Waals surface area (Å²) in [6, 6.07) is 6.21. The molecule has 3 heterocycles. The molecular weight excluding hydrogens is 498 g/mol. The molecule has 214 valence electrons. The van der Waals surface area contributed by atoms with Crippen molar-refractivity contribution in [3.05, 3.63) is 36.9 Å². The van der Waals surface area contributed by atoms with Crippen LogP contribution in [0, 0.1) is 17.8 Å². The topological polar surface area (TPSA) is 99.6 Å². The van der Waals surface area contributed by atoms with Crippen molar-refractivity contribution in [2.75, 3.05) is 42.6 Å². The molecule has 2 unspecified atom stereocenters. The number of rotatable bonds is 12. The van der Waals surface area contributed by atoms with Crippen LogP contribution in [0.25, 0.3) is 0 Å². The second kappa shape index (κ2) is 11.7. The monoisotopic (exact) mass is 541 g/mol. The zero-order valence-corrected chi connectivity index (χ0v) is 23.8. The number of ether oxygens (including phenoxy) is 2. The quantitative estimate of drug-likeness (QED) is 0.321. The number of esters is 1. The molecule has 6 atom stereocenters. The first-order chi connectivity index (χ1) is 18.7. The van der Waals surface area contributed by atoms with Gasteiger partial charge >= 0.3 is 5.97 Å². The van der Waals surface area contributed by atoms with E-state index in [4.69, 9.17) is 9.47 Å². The summed E-state index contributed by atoms with van der Waals surface area (Å²) < 4.78 is 11.8. The molecule has 1 N–H and O–H groups in total. The van der Waals surface area contributed by atoms with Crippen molar-refractivity contribution < 1.29 is 29.0 Å². The minimum atomic E-state index is -1.15. The van der Waals surface area contributed by atoms with Crippen LogP contribution in [0.4, 0.5) is 11.4 Å². The zero-order valence-electron chi connectivity index (χ0n) is 23.8. The van der Waals surface area contributed by atoms with Crippen molar-refractivity contribution in [1.29, 1.82) is 0 Å². The highest BCUT2D eigenvalue weighted by atomic mass is 16.6.